The molecule has 0 aliphatic heterocycles. The van der Waals surface area contributed by atoms with Crippen LogP contribution in [-0.4, -0.2) is 17.1 Å². The molecule has 1 amide bonds. The zero-order valence-corrected chi connectivity index (χ0v) is 12.5. The Hall–Kier alpha value is -1.55. The Morgan fingerprint density at radius 2 is 1.95 bits per heavy atom. The van der Waals surface area contributed by atoms with Gasteiger partial charge < -0.3 is 16.2 Å². The zero-order chi connectivity index (χ0) is 15.0. The van der Waals surface area contributed by atoms with Gasteiger partial charge in [0.05, 0.1) is 5.69 Å². The van der Waals surface area contributed by atoms with Crippen molar-refractivity contribution in [1.29, 1.82) is 0 Å². The Kier molecular flexibility index (Phi) is 3.89. The molecule has 0 spiro atoms. The number of benzene rings is 1. The molecule has 0 aromatic heterocycles. The van der Waals surface area contributed by atoms with E-state index in [1.165, 1.54) is 6.42 Å². The molecule has 2 atom stereocenters. The highest BCUT2D eigenvalue weighted by molar-refractivity contribution is 5.94. The maximum absolute atomic E-state index is 12.5. The third-order valence-electron chi connectivity index (χ3n) is 5.19. The van der Waals surface area contributed by atoms with Crippen molar-refractivity contribution < 1.29 is 9.90 Å². The molecule has 4 nitrogen and oxygen atoms in total. The number of anilines is 1. The Labute approximate surface area is 125 Å². The van der Waals surface area contributed by atoms with Gasteiger partial charge in [0.1, 0.15) is 5.75 Å². The Bertz CT molecular complexity index is 530. The van der Waals surface area contributed by atoms with E-state index in [-0.39, 0.29) is 23.6 Å². The second-order valence-corrected chi connectivity index (χ2v) is 6.71. The third-order valence-corrected chi connectivity index (χ3v) is 5.19. The smallest absolute Gasteiger partial charge is 0.227 e. The van der Waals surface area contributed by atoms with Crippen LogP contribution in [0.15, 0.2) is 18.2 Å². The average Bonchev–Trinajstić information content (AvgIpc) is 2.41. The Morgan fingerprint density at radius 1 is 1.29 bits per heavy atom. The fourth-order valence-corrected chi connectivity index (χ4v) is 3.99. The molecule has 4 heteroatoms. The number of nitrogens with one attached hydrogen (secondary N) is 1. The SMILES string of the molecule is Cc1ccc(NC(=O)C2CC3CCCC(C2)C3N)c(O)c1. The van der Waals surface area contributed by atoms with Crippen LogP contribution in [0, 0.1) is 24.7 Å². The normalized spacial score (nSPS) is 31.7. The van der Waals surface area contributed by atoms with Crippen molar-refractivity contribution in [2.24, 2.45) is 23.5 Å². The van der Waals surface area contributed by atoms with Crippen LogP contribution in [0.25, 0.3) is 0 Å². The Morgan fingerprint density at radius 3 is 2.57 bits per heavy atom. The third kappa shape index (κ3) is 2.91. The van der Waals surface area contributed by atoms with Crippen molar-refractivity contribution in [2.45, 2.75) is 45.1 Å². The summed E-state index contributed by atoms with van der Waals surface area (Å²) in [4.78, 5) is 12.5. The molecule has 0 saturated heterocycles. The largest absolute Gasteiger partial charge is 0.506 e. The highest BCUT2D eigenvalue weighted by atomic mass is 16.3. The van der Waals surface area contributed by atoms with Crippen molar-refractivity contribution in [3.05, 3.63) is 23.8 Å². The van der Waals surface area contributed by atoms with E-state index in [0.717, 1.165) is 31.2 Å². The molecule has 1 aromatic carbocycles. The first-order valence-electron chi connectivity index (χ1n) is 7.90. The van der Waals surface area contributed by atoms with E-state index in [9.17, 15) is 9.90 Å². The molecular weight excluding hydrogens is 264 g/mol. The van der Waals surface area contributed by atoms with Crippen molar-refractivity contribution in [3.63, 3.8) is 0 Å². The molecule has 0 heterocycles. The lowest BCUT2D eigenvalue weighted by molar-refractivity contribution is -0.122. The van der Waals surface area contributed by atoms with Crippen LogP contribution < -0.4 is 11.1 Å². The Balaban J connectivity index is 1.68. The summed E-state index contributed by atoms with van der Waals surface area (Å²) in [5, 5.41) is 12.8. The van der Waals surface area contributed by atoms with Crippen LogP contribution in [0.5, 0.6) is 5.75 Å². The van der Waals surface area contributed by atoms with Crippen LogP contribution >= 0.6 is 0 Å². The number of aromatic hydroxyl groups is 1. The standard InChI is InChI=1S/C17H24N2O2/c1-10-5-6-14(15(20)7-10)19-17(21)13-8-11-3-2-4-12(9-13)16(11)18/h5-7,11-13,16,20H,2-4,8-9,18H2,1H3,(H,19,21). The lowest BCUT2D eigenvalue weighted by Gasteiger charge is -2.43. The van der Waals surface area contributed by atoms with Crippen LogP contribution in [0.2, 0.25) is 0 Å². The van der Waals surface area contributed by atoms with Crippen LogP contribution in [0.1, 0.15) is 37.7 Å². The fourth-order valence-electron chi connectivity index (χ4n) is 3.99. The predicted molar refractivity (Wildman–Crippen MR) is 83.0 cm³/mol. The average molecular weight is 288 g/mol. The van der Waals surface area contributed by atoms with Crippen molar-refractivity contribution >= 4 is 11.6 Å². The van der Waals surface area contributed by atoms with Gasteiger partial charge in [-0.25, -0.2) is 0 Å². The van der Waals surface area contributed by atoms with Gasteiger partial charge in [-0.3, -0.25) is 4.79 Å². The summed E-state index contributed by atoms with van der Waals surface area (Å²) >= 11 is 0. The van der Waals surface area contributed by atoms with E-state index < -0.39 is 0 Å². The maximum atomic E-state index is 12.5. The highest BCUT2D eigenvalue weighted by Gasteiger charge is 2.40. The van der Waals surface area contributed by atoms with Gasteiger partial charge in [0.15, 0.2) is 0 Å². The minimum atomic E-state index is 0.0259. The number of carbonyl (C=O) groups is 1. The van der Waals surface area contributed by atoms with Crippen molar-refractivity contribution in [2.75, 3.05) is 5.32 Å². The molecule has 2 saturated carbocycles. The van der Waals surface area contributed by atoms with E-state index in [1.807, 2.05) is 13.0 Å². The molecule has 2 fully saturated rings. The minimum Gasteiger partial charge on any atom is -0.506 e. The number of fused-ring (bicyclic) bond motifs is 2. The maximum Gasteiger partial charge on any atom is 0.227 e. The summed E-state index contributed by atoms with van der Waals surface area (Å²) in [7, 11) is 0. The first-order valence-corrected chi connectivity index (χ1v) is 7.90. The zero-order valence-electron chi connectivity index (χ0n) is 12.5. The van der Waals surface area contributed by atoms with Gasteiger partial charge in [-0.1, -0.05) is 12.5 Å². The van der Waals surface area contributed by atoms with Gasteiger partial charge in [-0.05, 0) is 62.1 Å². The molecule has 0 radical (unpaired) electrons. The summed E-state index contributed by atoms with van der Waals surface area (Å²) < 4.78 is 0. The van der Waals surface area contributed by atoms with Gasteiger partial charge >= 0.3 is 0 Å². The molecule has 1 aromatic rings. The summed E-state index contributed by atoms with van der Waals surface area (Å²) in [6.07, 6.45) is 5.32. The van der Waals surface area contributed by atoms with Gasteiger partial charge in [-0.15, -0.1) is 0 Å². The lowest BCUT2D eigenvalue weighted by Crippen LogP contribution is -2.48. The molecular formula is C17H24N2O2. The van der Waals surface area contributed by atoms with Gasteiger partial charge in [0.25, 0.3) is 0 Å². The van der Waals surface area contributed by atoms with Gasteiger partial charge in [0, 0.05) is 12.0 Å². The number of hydrogen-bond donors (Lipinski definition) is 3. The van der Waals surface area contributed by atoms with Crippen LogP contribution in [0.3, 0.4) is 0 Å². The van der Waals surface area contributed by atoms with E-state index in [1.54, 1.807) is 12.1 Å². The van der Waals surface area contributed by atoms with Crippen LogP contribution in [-0.2, 0) is 4.79 Å². The quantitative estimate of drug-likeness (QED) is 0.732. The number of carbonyl (C=O) groups excluding carboxylic acids is 1. The van der Waals surface area contributed by atoms with Gasteiger partial charge in [-0.2, -0.15) is 0 Å². The number of amides is 1. The minimum absolute atomic E-state index is 0.0259. The molecule has 2 bridgehead atoms. The predicted octanol–water partition coefficient (Wildman–Crippen LogP) is 2.79. The summed E-state index contributed by atoms with van der Waals surface area (Å²) in [6, 6.07) is 5.59. The number of phenols is 1. The summed E-state index contributed by atoms with van der Waals surface area (Å²) in [5.41, 5.74) is 7.75. The first kappa shape index (κ1) is 14.4. The molecule has 21 heavy (non-hydrogen) atoms. The van der Waals surface area contributed by atoms with Crippen LogP contribution in [0.4, 0.5) is 5.69 Å². The molecule has 3 rings (SSSR count). The molecule has 114 valence electrons. The first-order chi connectivity index (χ1) is 10.0. The van der Waals surface area contributed by atoms with E-state index in [2.05, 4.69) is 5.32 Å². The summed E-state index contributed by atoms with van der Waals surface area (Å²) in [5.74, 6) is 1.16. The number of aryl methyl sites for hydroxylation is 1. The topological polar surface area (TPSA) is 75.4 Å². The van der Waals surface area contributed by atoms with E-state index in [4.69, 9.17) is 5.73 Å². The van der Waals surface area contributed by atoms with E-state index in [0.29, 0.717) is 17.5 Å². The second-order valence-electron chi connectivity index (χ2n) is 6.71. The number of hydrogen-bond acceptors (Lipinski definition) is 3. The lowest BCUT2D eigenvalue weighted by atomic mass is 9.65. The fraction of sp³-hybridized carbons (Fsp3) is 0.588. The molecule has 2 aliphatic rings. The van der Waals surface area contributed by atoms with Crippen molar-refractivity contribution in [1.82, 2.24) is 0 Å². The summed E-state index contributed by atoms with van der Waals surface area (Å²) in [6.45, 7) is 1.91. The highest BCUT2D eigenvalue weighted by Crippen LogP contribution is 2.42. The number of rotatable bonds is 2. The van der Waals surface area contributed by atoms with Gasteiger partial charge in [0.2, 0.25) is 5.91 Å². The van der Waals surface area contributed by atoms with Crippen molar-refractivity contribution in [3.8, 4) is 5.75 Å². The number of phenolic OH excluding ortho intramolecular Hbond substituents is 1. The molecule has 4 N–H and O–H groups in total. The molecule has 2 unspecified atom stereocenters. The number of nitrogens with two attached hydrogens (primary N) is 1. The molecule has 2 aliphatic carbocycles. The monoisotopic (exact) mass is 288 g/mol. The van der Waals surface area contributed by atoms with E-state index >= 15 is 0 Å². The second kappa shape index (κ2) is 5.68.